The molecule has 0 spiro atoms. The maximum absolute atomic E-state index is 12.0. The van der Waals surface area contributed by atoms with Gasteiger partial charge in [0.2, 0.25) is 5.91 Å². The molecular formula is C19H24N2O2. The van der Waals surface area contributed by atoms with Crippen LogP contribution in [0.2, 0.25) is 0 Å². The second kappa shape index (κ2) is 7.09. The zero-order chi connectivity index (χ0) is 16.2. The fourth-order valence-electron chi connectivity index (χ4n) is 3.21. The first kappa shape index (κ1) is 15.9. The van der Waals surface area contributed by atoms with Gasteiger partial charge in [0.05, 0.1) is 24.8 Å². The Morgan fingerprint density at radius 2 is 2.13 bits per heavy atom. The van der Waals surface area contributed by atoms with Crippen LogP contribution in [0.15, 0.2) is 36.5 Å². The lowest BCUT2D eigenvalue weighted by atomic mass is 9.93. The van der Waals surface area contributed by atoms with Gasteiger partial charge in [0, 0.05) is 23.9 Å². The summed E-state index contributed by atoms with van der Waals surface area (Å²) in [5, 5.41) is 4.34. The highest BCUT2D eigenvalue weighted by atomic mass is 16.5. The number of nitrogens with zero attached hydrogens (tertiary/aromatic N) is 1. The van der Waals surface area contributed by atoms with E-state index in [0.717, 1.165) is 11.9 Å². The van der Waals surface area contributed by atoms with Gasteiger partial charge < -0.3 is 10.1 Å². The third-order valence-corrected chi connectivity index (χ3v) is 4.36. The Morgan fingerprint density at radius 3 is 2.96 bits per heavy atom. The summed E-state index contributed by atoms with van der Waals surface area (Å²) >= 11 is 0. The molecule has 1 aliphatic rings. The van der Waals surface area contributed by atoms with E-state index < -0.39 is 0 Å². The van der Waals surface area contributed by atoms with Crippen LogP contribution in [0.3, 0.4) is 0 Å². The molecule has 0 saturated carbocycles. The lowest BCUT2D eigenvalue weighted by Gasteiger charge is -2.20. The zero-order valence-corrected chi connectivity index (χ0v) is 13.8. The van der Waals surface area contributed by atoms with E-state index in [9.17, 15) is 4.79 Å². The molecule has 2 heterocycles. The lowest BCUT2D eigenvalue weighted by molar-refractivity contribution is -0.122. The monoisotopic (exact) mass is 312 g/mol. The second-order valence-electron chi connectivity index (χ2n) is 6.76. The first-order chi connectivity index (χ1) is 11.1. The van der Waals surface area contributed by atoms with Crippen LogP contribution >= 0.6 is 0 Å². The highest BCUT2D eigenvalue weighted by Crippen LogP contribution is 2.24. The smallest absolute Gasteiger partial charge is 0.220 e. The van der Waals surface area contributed by atoms with Crippen molar-refractivity contribution in [1.82, 2.24) is 10.3 Å². The van der Waals surface area contributed by atoms with Gasteiger partial charge in [-0.15, -0.1) is 0 Å². The predicted octanol–water partition coefficient (Wildman–Crippen LogP) is 2.95. The van der Waals surface area contributed by atoms with E-state index in [-0.39, 0.29) is 11.9 Å². The van der Waals surface area contributed by atoms with Crippen molar-refractivity contribution in [2.45, 2.75) is 32.7 Å². The van der Waals surface area contributed by atoms with Crippen molar-refractivity contribution in [3.8, 4) is 0 Å². The van der Waals surface area contributed by atoms with Gasteiger partial charge in [-0.3, -0.25) is 9.78 Å². The third kappa shape index (κ3) is 3.88. The van der Waals surface area contributed by atoms with Crippen LogP contribution < -0.4 is 5.32 Å². The third-order valence-electron chi connectivity index (χ3n) is 4.36. The average Bonchev–Trinajstić information content (AvgIpc) is 2.94. The van der Waals surface area contributed by atoms with Crippen molar-refractivity contribution in [1.29, 1.82) is 0 Å². The highest BCUT2D eigenvalue weighted by Gasteiger charge is 2.30. The van der Waals surface area contributed by atoms with Crippen molar-refractivity contribution in [3.63, 3.8) is 0 Å². The summed E-state index contributed by atoms with van der Waals surface area (Å²) in [5.74, 6) is 0.817. The number of carbonyl (C=O) groups excluding carboxylic acids is 1. The van der Waals surface area contributed by atoms with E-state index in [1.165, 1.54) is 10.9 Å². The van der Waals surface area contributed by atoms with Gasteiger partial charge in [-0.1, -0.05) is 32.0 Å². The maximum atomic E-state index is 12.0. The first-order valence-corrected chi connectivity index (χ1v) is 8.33. The van der Waals surface area contributed by atoms with Gasteiger partial charge in [0.25, 0.3) is 0 Å². The number of carbonyl (C=O) groups is 1. The summed E-state index contributed by atoms with van der Waals surface area (Å²) in [6.45, 7) is 5.43. The fourth-order valence-corrected chi connectivity index (χ4v) is 3.21. The summed E-state index contributed by atoms with van der Waals surface area (Å²) in [6.07, 6.45) is 3.33. The fraction of sp³-hybridized carbons (Fsp3) is 0.474. The SMILES string of the molecule is CC(C)CC(=O)N[C@H]1COC[C@H]1Cc1ccnc2ccccc12. The van der Waals surface area contributed by atoms with Crippen LogP contribution in [0, 0.1) is 11.8 Å². The normalized spacial score (nSPS) is 21.0. The van der Waals surface area contributed by atoms with Crippen LogP contribution in [-0.4, -0.2) is 30.1 Å². The van der Waals surface area contributed by atoms with E-state index in [4.69, 9.17) is 4.74 Å². The maximum Gasteiger partial charge on any atom is 0.220 e. The molecule has 1 amide bonds. The molecule has 1 fully saturated rings. The second-order valence-corrected chi connectivity index (χ2v) is 6.76. The summed E-state index contributed by atoms with van der Waals surface area (Å²) in [6, 6.07) is 10.4. The van der Waals surface area contributed by atoms with E-state index in [1.807, 2.05) is 24.4 Å². The number of hydrogen-bond donors (Lipinski definition) is 1. The van der Waals surface area contributed by atoms with Crippen LogP contribution in [-0.2, 0) is 16.0 Å². The van der Waals surface area contributed by atoms with E-state index in [2.05, 4.69) is 36.3 Å². The molecule has 4 heteroatoms. The predicted molar refractivity (Wildman–Crippen MR) is 91.1 cm³/mol. The van der Waals surface area contributed by atoms with Crippen LogP contribution in [0.1, 0.15) is 25.8 Å². The van der Waals surface area contributed by atoms with Crippen molar-refractivity contribution < 1.29 is 9.53 Å². The van der Waals surface area contributed by atoms with Gasteiger partial charge in [-0.2, -0.15) is 0 Å². The number of rotatable bonds is 5. The van der Waals surface area contributed by atoms with Crippen molar-refractivity contribution in [2.75, 3.05) is 13.2 Å². The minimum absolute atomic E-state index is 0.105. The molecule has 0 aliphatic carbocycles. The van der Waals surface area contributed by atoms with Crippen LogP contribution in [0.5, 0.6) is 0 Å². The van der Waals surface area contributed by atoms with Gasteiger partial charge >= 0.3 is 0 Å². The molecule has 1 aromatic heterocycles. The van der Waals surface area contributed by atoms with Gasteiger partial charge in [-0.25, -0.2) is 0 Å². The largest absolute Gasteiger partial charge is 0.379 e. The molecule has 1 N–H and O–H groups in total. The minimum Gasteiger partial charge on any atom is -0.379 e. The Bertz CT molecular complexity index is 679. The molecule has 122 valence electrons. The molecule has 2 atom stereocenters. The van der Waals surface area contributed by atoms with Gasteiger partial charge in [-0.05, 0) is 30.0 Å². The Kier molecular flexibility index (Phi) is 4.91. The highest BCUT2D eigenvalue weighted by molar-refractivity contribution is 5.82. The molecule has 4 nitrogen and oxygen atoms in total. The number of pyridine rings is 1. The number of benzene rings is 1. The molecule has 2 aromatic rings. The van der Waals surface area contributed by atoms with Gasteiger partial charge in [0.15, 0.2) is 0 Å². The Morgan fingerprint density at radius 1 is 1.30 bits per heavy atom. The number of fused-ring (bicyclic) bond motifs is 1. The Balaban J connectivity index is 1.72. The van der Waals surface area contributed by atoms with E-state index in [1.54, 1.807) is 0 Å². The van der Waals surface area contributed by atoms with Crippen LogP contribution in [0.4, 0.5) is 0 Å². The summed E-state index contributed by atoms with van der Waals surface area (Å²) in [7, 11) is 0. The molecule has 0 unspecified atom stereocenters. The van der Waals surface area contributed by atoms with Crippen molar-refractivity contribution in [2.24, 2.45) is 11.8 Å². The number of amides is 1. The van der Waals surface area contributed by atoms with E-state index >= 15 is 0 Å². The zero-order valence-electron chi connectivity index (χ0n) is 13.8. The topological polar surface area (TPSA) is 51.2 Å². The van der Waals surface area contributed by atoms with Gasteiger partial charge in [0.1, 0.15) is 0 Å². The Hall–Kier alpha value is -1.94. The number of nitrogens with one attached hydrogen (secondary N) is 1. The van der Waals surface area contributed by atoms with E-state index in [0.29, 0.717) is 31.5 Å². The number of hydrogen-bond acceptors (Lipinski definition) is 3. The van der Waals surface area contributed by atoms with Crippen LogP contribution in [0.25, 0.3) is 10.9 Å². The number of para-hydroxylation sites is 1. The summed E-state index contributed by atoms with van der Waals surface area (Å²) in [5.41, 5.74) is 2.29. The standard InChI is InChI=1S/C19H24N2O2/c1-13(2)9-19(22)21-18-12-23-11-15(18)10-14-7-8-20-17-6-4-3-5-16(14)17/h3-8,13,15,18H,9-12H2,1-2H3,(H,21,22)/t15-,18+/m1/s1. The first-order valence-electron chi connectivity index (χ1n) is 8.33. The molecule has 0 radical (unpaired) electrons. The lowest BCUT2D eigenvalue weighted by Crippen LogP contribution is -2.41. The minimum atomic E-state index is 0.105. The molecular weight excluding hydrogens is 288 g/mol. The molecule has 1 aromatic carbocycles. The average molecular weight is 312 g/mol. The summed E-state index contributed by atoms with van der Waals surface area (Å²) in [4.78, 5) is 16.5. The molecule has 1 aliphatic heterocycles. The quantitative estimate of drug-likeness (QED) is 0.923. The molecule has 1 saturated heterocycles. The molecule has 3 rings (SSSR count). The number of aromatic nitrogens is 1. The number of ether oxygens (including phenoxy) is 1. The Labute approximate surface area is 137 Å². The molecule has 0 bridgehead atoms. The van der Waals surface area contributed by atoms with Crippen molar-refractivity contribution >= 4 is 16.8 Å². The molecule has 23 heavy (non-hydrogen) atoms. The summed E-state index contributed by atoms with van der Waals surface area (Å²) < 4.78 is 5.63. The van der Waals surface area contributed by atoms with Crippen molar-refractivity contribution in [3.05, 3.63) is 42.1 Å².